The molecule has 4 nitrogen and oxygen atoms in total. The summed E-state index contributed by atoms with van der Waals surface area (Å²) in [5.41, 5.74) is 0. The highest BCUT2D eigenvalue weighted by molar-refractivity contribution is 5.72. The van der Waals surface area contributed by atoms with Crippen molar-refractivity contribution in [3.8, 4) is 0 Å². The topological polar surface area (TPSA) is 66.8 Å². The van der Waals surface area contributed by atoms with Crippen LogP contribution in [0.2, 0.25) is 0 Å². The van der Waals surface area contributed by atoms with Crippen molar-refractivity contribution in [2.45, 2.75) is 174 Å². The smallest absolute Gasteiger partial charge is 0.309 e. The van der Waals surface area contributed by atoms with E-state index in [1.54, 1.807) is 0 Å². The largest absolute Gasteiger partial charge is 0.463 e. The Kier molecular flexibility index (Phi) is 27.5. The minimum absolute atomic E-state index is 0.0571. The molecule has 0 spiro atoms. The van der Waals surface area contributed by atoms with Crippen molar-refractivity contribution in [1.82, 2.24) is 0 Å². The van der Waals surface area contributed by atoms with Crippen LogP contribution < -0.4 is 0 Å². The van der Waals surface area contributed by atoms with Crippen LogP contribution in [0.15, 0.2) is 0 Å². The Labute approximate surface area is 219 Å². The summed E-state index contributed by atoms with van der Waals surface area (Å²) in [6.07, 6.45) is 29.7. The van der Waals surface area contributed by atoms with Crippen molar-refractivity contribution in [2.75, 3.05) is 13.2 Å². The summed E-state index contributed by atoms with van der Waals surface area (Å²) in [7, 11) is 0. The molecule has 35 heavy (non-hydrogen) atoms. The van der Waals surface area contributed by atoms with Crippen molar-refractivity contribution in [3.05, 3.63) is 0 Å². The highest BCUT2D eigenvalue weighted by Crippen LogP contribution is 2.21. The van der Waals surface area contributed by atoms with E-state index in [2.05, 4.69) is 13.8 Å². The molecule has 0 saturated heterocycles. The number of unbranched alkanes of at least 4 members (excludes halogenated alkanes) is 20. The van der Waals surface area contributed by atoms with E-state index in [0.717, 1.165) is 25.7 Å². The molecule has 0 saturated carbocycles. The van der Waals surface area contributed by atoms with Gasteiger partial charge in [-0.05, 0) is 12.8 Å². The molecule has 210 valence electrons. The summed E-state index contributed by atoms with van der Waals surface area (Å²) >= 11 is 0. The molecule has 0 rings (SSSR count). The summed E-state index contributed by atoms with van der Waals surface area (Å²) < 4.78 is 5.30. The highest BCUT2D eigenvalue weighted by Gasteiger charge is 2.20. The van der Waals surface area contributed by atoms with E-state index in [4.69, 9.17) is 9.84 Å². The summed E-state index contributed by atoms with van der Waals surface area (Å²) in [6.45, 7) is 4.06. The molecule has 2 atom stereocenters. The number of aliphatic hydroxyl groups excluding tert-OH is 2. The van der Waals surface area contributed by atoms with Crippen LogP contribution in [0.3, 0.4) is 0 Å². The van der Waals surface area contributed by atoms with Crippen molar-refractivity contribution in [3.63, 3.8) is 0 Å². The van der Waals surface area contributed by atoms with E-state index in [9.17, 15) is 9.90 Å². The second-order valence-electron chi connectivity index (χ2n) is 10.8. The van der Waals surface area contributed by atoms with Crippen LogP contribution >= 0.6 is 0 Å². The summed E-state index contributed by atoms with van der Waals surface area (Å²) in [6, 6.07) is 0. The average molecular weight is 499 g/mol. The van der Waals surface area contributed by atoms with Gasteiger partial charge in [0.25, 0.3) is 0 Å². The van der Waals surface area contributed by atoms with Crippen molar-refractivity contribution in [1.29, 1.82) is 0 Å². The molecule has 2 N–H and O–H groups in total. The maximum Gasteiger partial charge on any atom is 0.309 e. The molecule has 0 fully saturated rings. The SMILES string of the molecule is CCCCCCCCCCCCCCCCC(CCCCCCCCCC)C(=O)OCC(O)CO. The Morgan fingerprint density at radius 3 is 1.20 bits per heavy atom. The van der Waals surface area contributed by atoms with Crippen LogP contribution in [0, 0.1) is 5.92 Å². The number of hydrogen-bond acceptors (Lipinski definition) is 4. The quantitative estimate of drug-likeness (QED) is 0.0834. The van der Waals surface area contributed by atoms with Gasteiger partial charge in [-0.2, -0.15) is 0 Å². The Morgan fingerprint density at radius 1 is 0.571 bits per heavy atom. The Balaban J connectivity index is 3.89. The number of carbonyl (C=O) groups excluding carboxylic acids is 1. The lowest BCUT2D eigenvalue weighted by atomic mass is 9.94. The number of rotatable bonds is 28. The second kappa shape index (κ2) is 28.0. The fraction of sp³-hybridized carbons (Fsp3) is 0.968. The molecule has 0 amide bonds. The zero-order valence-corrected chi connectivity index (χ0v) is 23.8. The fourth-order valence-electron chi connectivity index (χ4n) is 4.84. The minimum Gasteiger partial charge on any atom is -0.463 e. The molecule has 0 radical (unpaired) electrons. The van der Waals surface area contributed by atoms with Crippen LogP contribution in [-0.4, -0.2) is 35.5 Å². The van der Waals surface area contributed by atoms with Gasteiger partial charge in [-0.25, -0.2) is 0 Å². The predicted molar refractivity (Wildman–Crippen MR) is 150 cm³/mol. The third-order valence-electron chi connectivity index (χ3n) is 7.27. The Bertz CT molecular complexity index is 426. The molecular formula is C31H62O4. The molecular weight excluding hydrogens is 436 g/mol. The molecule has 0 heterocycles. The maximum absolute atomic E-state index is 12.6. The molecule has 2 unspecified atom stereocenters. The number of esters is 1. The van der Waals surface area contributed by atoms with E-state index in [0.29, 0.717) is 0 Å². The fourth-order valence-corrected chi connectivity index (χ4v) is 4.84. The van der Waals surface area contributed by atoms with Gasteiger partial charge in [-0.15, -0.1) is 0 Å². The van der Waals surface area contributed by atoms with E-state index in [-0.39, 0.29) is 25.1 Å². The molecule has 0 bridgehead atoms. The normalized spacial score (nSPS) is 13.1. The lowest BCUT2D eigenvalue weighted by Gasteiger charge is -2.17. The van der Waals surface area contributed by atoms with Gasteiger partial charge in [0.2, 0.25) is 0 Å². The maximum atomic E-state index is 12.6. The summed E-state index contributed by atoms with van der Waals surface area (Å²) in [4.78, 5) is 12.6. The standard InChI is InChI=1S/C31H62O4/c1-3-5-7-9-11-13-14-15-16-17-18-20-22-24-26-29(31(34)35-28-30(33)27-32)25-23-21-19-12-10-8-6-4-2/h29-30,32-33H,3-28H2,1-2H3. The lowest BCUT2D eigenvalue weighted by Crippen LogP contribution is -2.25. The van der Waals surface area contributed by atoms with Crippen LogP contribution in [-0.2, 0) is 9.53 Å². The number of aliphatic hydroxyl groups is 2. The first-order chi connectivity index (χ1) is 17.2. The zero-order valence-electron chi connectivity index (χ0n) is 23.8. The monoisotopic (exact) mass is 498 g/mol. The van der Waals surface area contributed by atoms with Crippen LogP contribution in [0.5, 0.6) is 0 Å². The Hall–Kier alpha value is -0.610. The number of carbonyl (C=O) groups is 1. The van der Waals surface area contributed by atoms with E-state index in [1.807, 2.05) is 0 Å². The molecule has 0 aromatic carbocycles. The molecule has 0 aromatic rings. The van der Waals surface area contributed by atoms with E-state index in [1.165, 1.54) is 128 Å². The van der Waals surface area contributed by atoms with Gasteiger partial charge in [0.15, 0.2) is 0 Å². The van der Waals surface area contributed by atoms with E-state index < -0.39 is 6.10 Å². The van der Waals surface area contributed by atoms with Gasteiger partial charge < -0.3 is 14.9 Å². The van der Waals surface area contributed by atoms with Gasteiger partial charge in [-0.3, -0.25) is 4.79 Å². The van der Waals surface area contributed by atoms with Crippen molar-refractivity contribution >= 4 is 5.97 Å². The lowest BCUT2D eigenvalue weighted by molar-refractivity contribution is -0.152. The van der Waals surface area contributed by atoms with Gasteiger partial charge in [0.1, 0.15) is 12.7 Å². The van der Waals surface area contributed by atoms with Crippen molar-refractivity contribution < 1.29 is 19.7 Å². The highest BCUT2D eigenvalue weighted by atomic mass is 16.5. The van der Waals surface area contributed by atoms with Gasteiger partial charge in [-0.1, -0.05) is 155 Å². The van der Waals surface area contributed by atoms with Crippen LogP contribution in [0.1, 0.15) is 168 Å². The first kappa shape index (κ1) is 34.4. The third kappa shape index (κ3) is 24.8. The third-order valence-corrected chi connectivity index (χ3v) is 7.27. The van der Waals surface area contributed by atoms with Crippen LogP contribution in [0.25, 0.3) is 0 Å². The average Bonchev–Trinajstić information content (AvgIpc) is 2.87. The number of hydrogen-bond donors (Lipinski definition) is 2. The summed E-state index contributed by atoms with van der Waals surface area (Å²) in [5, 5.41) is 18.5. The van der Waals surface area contributed by atoms with E-state index >= 15 is 0 Å². The predicted octanol–water partition coefficient (Wildman–Crippen LogP) is 8.90. The second-order valence-corrected chi connectivity index (χ2v) is 10.8. The zero-order chi connectivity index (χ0) is 25.8. The molecule has 0 aliphatic carbocycles. The van der Waals surface area contributed by atoms with Crippen molar-refractivity contribution in [2.24, 2.45) is 5.92 Å². The Morgan fingerprint density at radius 2 is 0.886 bits per heavy atom. The van der Waals surface area contributed by atoms with Gasteiger partial charge in [0, 0.05) is 0 Å². The summed E-state index contributed by atoms with van der Waals surface area (Å²) in [5.74, 6) is -0.242. The molecule has 0 aliphatic rings. The molecule has 0 aromatic heterocycles. The molecule has 4 heteroatoms. The number of ether oxygens (including phenoxy) is 1. The molecule has 0 aliphatic heterocycles. The minimum atomic E-state index is -0.969. The first-order valence-corrected chi connectivity index (χ1v) is 15.6. The van der Waals surface area contributed by atoms with Crippen LogP contribution in [0.4, 0.5) is 0 Å². The van der Waals surface area contributed by atoms with Gasteiger partial charge in [0.05, 0.1) is 12.5 Å². The van der Waals surface area contributed by atoms with Gasteiger partial charge >= 0.3 is 5.97 Å². The first-order valence-electron chi connectivity index (χ1n) is 15.6.